The van der Waals surface area contributed by atoms with Gasteiger partial charge in [-0.2, -0.15) is 0 Å². The van der Waals surface area contributed by atoms with E-state index in [1.54, 1.807) is 56.1 Å². The molecule has 0 saturated heterocycles. The summed E-state index contributed by atoms with van der Waals surface area (Å²) < 4.78 is 167. The molecule has 1 aliphatic rings. The van der Waals surface area contributed by atoms with Gasteiger partial charge in [-0.3, -0.25) is 4.57 Å². The molecular formula is C68H49F10N5O. The fourth-order valence-electron chi connectivity index (χ4n) is 11.0. The van der Waals surface area contributed by atoms with E-state index in [4.69, 9.17) is 9.72 Å². The molecule has 0 N–H and O–H groups in total. The minimum Gasteiger partial charge on any atom is -0.457 e. The zero-order chi connectivity index (χ0) is 59.3. The Bertz CT molecular complexity index is 4250. The van der Waals surface area contributed by atoms with Gasteiger partial charge in [-0.05, 0) is 107 Å². The van der Waals surface area contributed by atoms with Crippen LogP contribution >= 0.6 is 0 Å². The number of ether oxygens (including phenoxy) is 1. The van der Waals surface area contributed by atoms with Crippen LogP contribution in [0.1, 0.15) is 52.7 Å². The first kappa shape index (κ1) is 55.0. The number of halogens is 10. The maximum absolute atomic E-state index is 16.5. The number of aromatic nitrogens is 2. The number of rotatable bonds is 10. The first-order valence-electron chi connectivity index (χ1n) is 26.7. The molecular weight excluding hydrogens is 1090 g/mol. The third kappa shape index (κ3) is 9.29. The smallest absolute Gasteiger partial charge is 0.200 e. The molecule has 11 aromatic rings. The third-order valence-electron chi connectivity index (χ3n) is 15.1. The summed E-state index contributed by atoms with van der Waals surface area (Å²) in [5, 5.41) is 1.90. The van der Waals surface area contributed by atoms with Crippen LogP contribution in [0.4, 0.5) is 83.7 Å². The zero-order valence-electron chi connectivity index (χ0n) is 45.9. The summed E-state index contributed by atoms with van der Waals surface area (Å²) in [7, 11) is 0. The van der Waals surface area contributed by atoms with Crippen molar-refractivity contribution in [3.63, 3.8) is 0 Å². The average Bonchev–Trinajstić information content (AvgIpc) is 3.10. The van der Waals surface area contributed by atoms with Crippen LogP contribution in [-0.2, 0) is 10.8 Å². The molecule has 1 aliphatic heterocycles. The summed E-state index contributed by atoms with van der Waals surface area (Å²) >= 11 is 0. The topological polar surface area (TPSA) is 36.8 Å². The van der Waals surface area contributed by atoms with E-state index in [9.17, 15) is 8.78 Å². The lowest BCUT2D eigenvalue weighted by Crippen LogP contribution is -2.26. The highest BCUT2D eigenvalue weighted by molar-refractivity contribution is 6.09. The second-order valence-corrected chi connectivity index (χ2v) is 22.5. The largest absolute Gasteiger partial charge is 0.457 e. The Labute approximate surface area is 476 Å². The fourth-order valence-corrected chi connectivity index (χ4v) is 11.0. The van der Waals surface area contributed by atoms with E-state index >= 15 is 35.1 Å². The highest BCUT2D eigenvalue weighted by atomic mass is 19.2. The van der Waals surface area contributed by atoms with Gasteiger partial charge in [0.05, 0.1) is 44.9 Å². The van der Waals surface area contributed by atoms with E-state index in [0.29, 0.717) is 28.6 Å². The van der Waals surface area contributed by atoms with Crippen LogP contribution in [0.25, 0.3) is 49.9 Å². The van der Waals surface area contributed by atoms with Crippen LogP contribution in [0.5, 0.6) is 11.5 Å². The van der Waals surface area contributed by atoms with E-state index in [1.165, 1.54) is 11.0 Å². The van der Waals surface area contributed by atoms with Gasteiger partial charge in [0.25, 0.3) is 0 Å². The van der Waals surface area contributed by atoms with Gasteiger partial charge in [0.2, 0.25) is 11.6 Å². The lowest BCUT2D eigenvalue weighted by molar-refractivity contribution is 0.381. The monoisotopic (exact) mass is 1140 g/mol. The molecule has 0 atom stereocenters. The van der Waals surface area contributed by atoms with Gasteiger partial charge < -0.3 is 19.4 Å². The highest BCUT2D eigenvalue weighted by Crippen LogP contribution is 2.54. The van der Waals surface area contributed by atoms with Crippen LogP contribution < -0.4 is 19.4 Å². The molecule has 16 heteroatoms. The summed E-state index contributed by atoms with van der Waals surface area (Å²) in [4.78, 5) is 9.79. The van der Waals surface area contributed by atoms with Crippen molar-refractivity contribution in [1.29, 1.82) is 0 Å². The zero-order valence-corrected chi connectivity index (χ0v) is 45.9. The summed E-state index contributed by atoms with van der Waals surface area (Å²) in [6.07, 6.45) is 1.78. The molecule has 12 rings (SSSR count). The van der Waals surface area contributed by atoms with Gasteiger partial charge >= 0.3 is 0 Å². The molecule has 0 unspecified atom stereocenters. The Hall–Kier alpha value is -9.57. The quantitative estimate of drug-likeness (QED) is 0.0775. The lowest BCUT2D eigenvalue weighted by atomic mass is 9.81. The molecule has 0 bridgehead atoms. The standard InChI is InChI=1S/C68H49F10N5O/c1-67(2,3)37-27-28-79-53(31-37)83-49-22-14-13-21-45(49)46-26-25-43(35-52(46)83)84-44-33-41(32-42(34-44)82(39-17-9-7-10-18-39)40-19-11-8-12-20-40)80-36-81(51-24-16-15-23-50(51)80)66-47(54-56(69)60(73)64(77)61(74)57(54)70)29-38(68(4,5)6)30-48(66)55-58(71)62(75)65(78)63(76)59(55)72/h7-35H,36H2,1-6H3. The number of hydrogen-bond acceptors (Lipinski definition) is 5. The summed E-state index contributed by atoms with van der Waals surface area (Å²) in [6.45, 7) is 10.6. The number of anilines is 7. The first-order valence-corrected chi connectivity index (χ1v) is 26.7. The van der Waals surface area contributed by atoms with Gasteiger partial charge in [-0.25, -0.2) is 48.9 Å². The van der Waals surface area contributed by atoms with Crippen molar-refractivity contribution < 1.29 is 48.6 Å². The first-order chi connectivity index (χ1) is 40.1. The summed E-state index contributed by atoms with van der Waals surface area (Å²) in [6, 6.07) is 50.6. The molecule has 3 heterocycles. The predicted octanol–water partition coefficient (Wildman–Crippen LogP) is 20.0. The van der Waals surface area contributed by atoms with E-state index in [-0.39, 0.29) is 22.4 Å². The van der Waals surface area contributed by atoms with Gasteiger partial charge in [-0.1, -0.05) is 108 Å². The van der Waals surface area contributed by atoms with Crippen LogP contribution in [0.15, 0.2) is 176 Å². The second kappa shape index (κ2) is 20.7. The number of para-hydroxylation sites is 5. The molecule has 84 heavy (non-hydrogen) atoms. The van der Waals surface area contributed by atoms with Crippen molar-refractivity contribution in [2.75, 3.05) is 21.4 Å². The molecule has 9 aromatic carbocycles. The Morgan fingerprint density at radius 1 is 0.417 bits per heavy atom. The van der Waals surface area contributed by atoms with E-state index in [0.717, 1.165) is 50.9 Å². The van der Waals surface area contributed by atoms with Gasteiger partial charge in [0.1, 0.15) is 24.0 Å². The second-order valence-electron chi connectivity index (χ2n) is 22.5. The molecule has 6 nitrogen and oxygen atoms in total. The molecule has 2 aromatic heterocycles. The Morgan fingerprint density at radius 3 is 1.45 bits per heavy atom. The normalized spacial score (nSPS) is 12.7. The summed E-state index contributed by atoms with van der Waals surface area (Å²) in [5.41, 5.74) is -1.08. The van der Waals surface area contributed by atoms with E-state index in [2.05, 4.69) is 31.4 Å². The number of nitrogens with zero attached hydrogens (tertiary/aromatic N) is 5. The van der Waals surface area contributed by atoms with Crippen LogP contribution in [0, 0.1) is 58.2 Å². The Kier molecular flexibility index (Phi) is 13.5. The van der Waals surface area contributed by atoms with Crippen molar-refractivity contribution in [3.8, 4) is 39.6 Å². The number of hydrogen-bond donors (Lipinski definition) is 0. The molecule has 0 amide bonds. The van der Waals surface area contributed by atoms with Gasteiger partial charge in [-0.15, -0.1) is 0 Å². The molecule has 422 valence electrons. The van der Waals surface area contributed by atoms with Crippen molar-refractivity contribution in [2.45, 2.75) is 52.4 Å². The maximum atomic E-state index is 16.5. The van der Waals surface area contributed by atoms with E-state index < -0.39 is 98.2 Å². The average molecular weight is 1140 g/mol. The third-order valence-corrected chi connectivity index (χ3v) is 15.1. The lowest BCUT2D eigenvalue weighted by Gasteiger charge is -2.31. The van der Waals surface area contributed by atoms with Crippen LogP contribution in [0.3, 0.4) is 0 Å². The minimum absolute atomic E-state index is 0.0295. The predicted molar refractivity (Wildman–Crippen MR) is 310 cm³/mol. The molecule has 0 aliphatic carbocycles. The minimum atomic E-state index is -2.48. The SMILES string of the molecule is CC(C)(C)c1ccnc(-n2c3ccccc3c3ccc(Oc4cc(N5CN(c6c(-c7c(F)c(F)c(F)c(F)c7F)cc(C(C)(C)C)cc6-c6c(F)c(F)c(F)c(F)c6F)c6ccccc65)cc(N(c5ccccc5)c5ccccc5)c4)cc32)c1. The molecule has 0 spiro atoms. The van der Waals surface area contributed by atoms with Crippen molar-refractivity contribution in [3.05, 3.63) is 245 Å². The molecule has 0 saturated carbocycles. The molecule has 0 radical (unpaired) electrons. The Morgan fingerprint density at radius 2 is 0.905 bits per heavy atom. The highest BCUT2D eigenvalue weighted by Gasteiger charge is 2.39. The van der Waals surface area contributed by atoms with Crippen molar-refractivity contribution in [2.24, 2.45) is 0 Å². The fraction of sp³-hybridized carbons (Fsp3) is 0.132. The molecule has 0 fully saturated rings. The number of pyridine rings is 1. The van der Waals surface area contributed by atoms with Crippen molar-refractivity contribution in [1.82, 2.24) is 9.55 Å². The summed E-state index contributed by atoms with van der Waals surface area (Å²) in [5.74, 6) is -22.2. The number of fused-ring (bicyclic) bond motifs is 4. The maximum Gasteiger partial charge on any atom is 0.200 e. The van der Waals surface area contributed by atoms with E-state index in [1.807, 2.05) is 126 Å². The number of benzene rings is 9. The van der Waals surface area contributed by atoms with Crippen LogP contribution in [0.2, 0.25) is 0 Å². The van der Waals surface area contributed by atoms with Gasteiger partial charge in [0, 0.05) is 63.4 Å². The van der Waals surface area contributed by atoms with Gasteiger partial charge in [0.15, 0.2) is 46.5 Å². The van der Waals surface area contributed by atoms with Crippen molar-refractivity contribution >= 4 is 61.6 Å². The Balaban J connectivity index is 1.10. The van der Waals surface area contributed by atoms with Crippen LogP contribution in [-0.4, -0.2) is 16.2 Å².